The predicted octanol–water partition coefficient (Wildman–Crippen LogP) is 4.11. The number of carbonyl (C=O) groups excluding carboxylic acids is 2. The van der Waals surface area contributed by atoms with E-state index in [2.05, 4.69) is 5.32 Å². The third-order valence-corrected chi connectivity index (χ3v) is 5.45. The van der Waals surface area contributed by atoms with Crippen molar-refractivity contribution in [1.82, 2.24) is 4.57 Å². The van der Waals surface area contributed by atoms with Crippen molar-refractivity contribution in [1.29, 1.82) is 0 Å². The topological polar surface area (TPSA) is 69.6 Å². The van der Waals surface area contributed by atoms with Gasteiger partial charge in [-0.05, 0) is 67.8 Å². The van der Waals surface area contributed by atoms with E-state index in [1.165, 1.54) is 0 Å². The molecule has 0 bridgehead atoms. The van der Waals surface area contributed by atoms with E-state index in [1.54, 1.807) is 24.3 Å². The van der Waals surface area contributed by atoms with Crippen molar-refractivity contribution in [3.8, 4) is 5.75 Å². The van der Waals surface area contributed by atoms with E-state index >= 15 is 0 Å². The summed E-state index contributed by atoms with van der Waals surface area (Å²) >= 11 is 0. The van der Waals surface area contributed by atoms with Gasteiger partial charge in [-0.1, -0.05) is 0 Å². The second-order valence-electron chi connectivity index (χ2n) is 7.34. The SMILES string of the molecule is Cc1c(C=O)n(C)c2ccc(NC(=O)c3ccc(OC[C@@H]4CCCO4)cc3)cc12. The quantitative estimate of drug-likeness (QED) is 0.641. The summed E-state index contributed by atoms with van der Waals surface area (Å²) in [5, 5.41) is 3.87. The number of nitrogens with zero attached hydrogens (tertiary/aromatic N) is 1. The first-order chi connectivity index (χ1) is 14.1. The Morgan fingerprint density at radius 3 is 2.76 bits per heavy atom. The van der Waals surface area contributed by atoms with Gasteiger partial charge in [0, 0.05) is 35.8 Å². The monoisotopic (exact) mass is 392 g/mol. The molecule has 6 heteroatoms. The van der Waals surface area contributed by atoms with Gasteiger partial charge < -0.3 is 19.4 Å². The second-order valence-corrected chi connectivity index (χ2v) is 7.34. The molecular formula is C23H24N2O4. The van der Waals surface area contributed by atoms with Crippen LogP contribution in [0, 0.1) is 6.92 Å². The molecule has 1 amide bonds. The normalized spacial score (nSPS) is 16.1. The Bertz CT molecular complexity index is 1050. The zero-order valence-corrected chi connectivity index (χ0v) is 16.6. The van der Waals surface area contributed by atoms with Gasteiger partial charge in [-0.15, -0.1) is 0 Å². The summed E-state index contributed by atoms with van der Waals surface area (Å²) in [5.41, 5.74) is 3.74. The number of hydrogen-bond acceptors (Lipinski definition) is 4. The smallest absolute Gasteiger partial charge is 0.255 e. The van der Waals surface area contributed by atoms with Gasteiger partial charge in [0.25, 0.3) is 5.91 Å². The van der Waals surface area contributed by atoms with Crippen LogP contribution in [0.15, 0.2) is 42.5 Å². The lowest BCUT2D eigenvalue weighted by molar-refractivity contribution is 0.0679. The molecule has 2 heterocycles. The Morgan fingerprint density at radius 1 is 1.28 bits per heavy atom. The number of aryl methyl sites for hydroxylation is 2. The molecule has 0 aliphatic carbocycles. The van der Waals surface area contributed by atoms with Crippen LogP contribution in [0.3, 0.4) is 0 Å². The van der Waals surface area contributed by atoms with Crippen molar-refractivity contribution >= 4 is 28.8 Å². The molecule has 0 radical (unpaired) electrons. The molecule has 3 aromatic rings. The minimum absolute atomic E-state index is 0.161. The first-order valence-electron chi connectivity index (χ1n) is 9.77. The maximum Gasteiger partial charge on any atom is 0.255 e. The van der Waals surface area contributed by atoms with E-state index in [0.29, 0.717) is 23.6 Å². The number of fused-ring (bicyclic) bond motifs is 1. The fourth-order valence-electron chi connectivity index (χ4n) is 3.76. The van der Waals surface area contributed by atoms with Gasteiger partial charge in [-0.3, -0.25) is 9.59 Å². The highest BCUT2D eigenvalue weighted by atomic mass is 16.5. The van der Waals surface area contributed by atoms with Gasteiger partial charge >= 0.3 is 0 Å². The Morgan fingerprint density at radius 2 is 2.07 bits per heavy atom. The number of aldehydes is 1. The Balaban J connectivity index is 1.44. The van der Waals surface area contributed by atoms with Crippen molar-refractivity contribution in [3.63, 3.8) is 0 Å². The third-order valence-electron chi connectivity index (χ3n) is 5.45. The van der Waals surface area contributed by atoms with Crippen LogP contribution in [-0.2, 0) is 11.8 Å². The number of carbonyl (C=O) groups is 2. The van der Waals surface area contributed by atoms with Gasteiger partial charge in [0.15, 0.2) is 6.29 Å². The first kappa shape index (κ1) is 19.2. The number of nitrogens with one attached hydrogen (secondary N) is 1. The van der Waals surface area contributed by atoms with Crippen molar-refractivity contribution in [2.75, 3.05) is 18.5 Å². The van der Waals surface area contributed by atoms with Crippen molar-refractivity contribution in [3.05, 3.63) is 59.3 Å². The van der Waals surface area contributed by atoms with Crippen LogP contribution in [0.2, 0.25) is 0 Å². The largest absolute Gasteiger partial charge is 0.491 e. The lowest BCUT2D eigenvalue weighted by Crippen LogP contribution is -2.16. The molecule has 1 aliphatic rings. The summed E-state index contributed by atoms with van der Waals surface area (Å²) in [6, 6.07) is 12.7. The standard InChI is InChI=1S/C23H24N2O4/c1-15-20-12-17(7-10-21(20)25(2)22(15)13-26)24-23(27)16-5-8-18(9-6-16)29-14-19-4-3-11-28-19/h5-10,12-13,19H,3-4,11,14H2,1-2H3,(H,24,27)/t19-/m0/s1. The van der Waals surface area contributed by atoms with Crippen molar-refractivity contribution in [2.24, 2.45) is 7.05 Å². The van der Waals surface area contributed by atoms with Crippen LogP contribution in [0.1, 0.15) is 39.3 Å². The van der Waals surface area contributed by atoms with Crippen LogP contribution in [0.5, 0.6) is 5.75 Å². The molecule has 1 atom stereocenters. The number of ether oxygens (including phenoxy) is 2. The lowest BCUT2D eigenvalue weighted by Gasteiger charge is -2.12. The molecule has 0 saturated carbocycles. The number of anilines is 1. The molecule has 4 rings (SSSR count). The molecular weight excluding hydrogens is 368 g/mol. The number of rotatable bonds is 6. The van der Waals surface area contributed by atoms with Gasteiger partial charge in [0.2, 0.25) is 0 Å². The first-order valence-corrected chi connectivity index (χ1v) is 9.77. The Labute approximate surface area is 169 Å². The van der Waals surface area contributed by atoms with E-state index in [9.17, 15) is 9.59 Å². The summed E-state index contributed by atoms with van der Waals surface area (Å²) in [5.74, 6) is 0.527. The summed E-state index contributed by atoms with van der Waals surface area (Å²) in [6.45, 7) is 3.25. The highest BCUT2D eigenvalue weighted by Gasteiger charge is 2.16. The Kier molecular flexibility index (Phi) is 5.36. The van der Waals surface area contributed by atoms with E-state index in [1.807, 2.05) is 36.7 Å². The summed E-state index contributed by atoms with van der Waals surface area (Å²) in [4.78, 5) is 23.9. The minimum atomic E-state index is -0.195. The Hall–Kier alpha value is -3.12. The highest BCUT2D eigenvalue weighted by molar-refractivity contribution is 6.05. The maximum atomic E-state index is 12.6. The second kappa shape index (κ2) is 8.09. The molecule has 29 heavy (non-hydrogen) atoms. The molecule has 0 unspecified atom stereocenters. The fourth-order valence-corrected chi connectivity index (χ4v) is 3.76. The number of amides is 1. The molecule has 1 aliphatic heterocycles. The number of benzene rings is 2. The van der Waals surface area contributed by atoms with Crippen LogP contribution in [-0.4, -0.2) is 36.1 Å². The van der Waals surface area contributed by atoms with E-state index < -0.39 is 0 Å². The van der Waals surface area contributed by atoms with Crippen LogP contribution < -0.4 is 10.1 Å². The molecule has 0 spiro atoms. The van der Waals surface area contributed by atoms with Crippen LogP contribution in [0.25, 0.3) is 10.9 Å². The van der Waals surface area contributed by atoms with Gasteiger partial charge in [0.05, 0.1) is 11.8 Å². The molecule has 150 valence electrons. The molecule has 6 nitrogen and oxygen atoms in total. The minimum Gasteiger partial charge on any atom is -0.491 e. The zero-order valence-electron chi connectivity index (χ0n) is 16.6. The lowest BCUT2D eigenvalue weighted by atomic mass is 10.1. The van der Waals surface area contributed by atoms with Crippen LogP contribution in [0.4, 0.5) is 5.69 Å². The van der Waals surface area contributed by atoms with Crippen molar-refractivity contribution < 1.29 is 19.1 Å². The number of aromatic nitrogens is 1. The molecule has 1 saturated heterocycles. The molecule has 1 N–H and O–H groups in total. The van der Waals surface area contributed by atoms with Crippen molar-refractivity contribution in [2.45, 2.75) is 25.9 Å². The molecule has 2 aromatic carbocycles. The number of hydrogen-bond donors (Lipinski definition) is 1. The average molecular weight is 392 g/mol. The maximum absolute atomic E-state index is 12.6. The molecule has 1 aromatic heterocycles. The highest BCUT2D eigenvalue weighted by Crippen LogP contribution is 2.27. The summed E-state index contributed by atoms with van der Waals surface area (Å²) < 4.78 is 13.1. The van der Waals surface area contributed by atoms with Gasteiger partial charge in [-0.2, -0.15) is 0 Å². The predicted molar refractivity (Wildman–Crippen MR) is 112 cm³/mol. The fraction of sp³-hybridized carbons (Fsp3) is 0.304. The average Bonchev–Trinajstić information content (AvgIpc) is 3.34. The van der Waals surface area contributed by atoms with E-state index in [-0.39, 0.29) is 12.0 Å². The van der Waals surface area contributed by atoms with Gasteiger partial charge in [0.1, 0.15) is 12.4 Å². The van der Waals surface area contributed by atoms with Crippen LogP contribution >= 0.6 is 0 Å². The van der Waals surface area contributed by atoms with E-state index in [0.717, 1.165) is 48.0 Å². The van der Waals surface area contributed by atoms with Gasteiger partial charge in [-0.25, -0.2) is 0 Å². The van der Waals surface area contributed by atoms with E-state index in [4.69, 9.17) is 9.47 Å². The molecule has 1 fully saturated rings. The third kappa shape index (κ3) is 3.89. The zero-order chi connectivity index (χ0) is 20.4. The summed E-state index contributed by atoms with van der Waals surface area (Å²) in [6.07, 6.45) is 3.13. The summed E-state index contributed by atoms with van der Waals surface area (Å²) in [7, 11) is 1.86.